The maximum atomic E-state index is 12.7. The van der Waals surface area contributed by atoms with Crippen LogP contribution in [0.2, 0.25) is 0 Å². The van der Waals surface area contributed by atoms with Crippen LogP contribution in [0.4, 0.5) is 10.5 Å². The predicted octanol–water partition coefficient (Wildman–Crippen LogP) is 4.05. The molecule has 0 spiro atoms. The van der Waals surface area contributed by atoms with Crippen molar-refractivity contribution in [3.63, 3.8) is 0 Å². The van der Waals surface area contributed by atoms with Crippen LogP contribution in [0, 0.1) is 6.92 Å². The van der Waals surface area contributed by atoms with Gasteiger partial charge in [0.2, 0.25) is 0 Å². The normalized spacial score (nSPS) is 14.9. The summed E-state index contributed by atoms with van der Waals surface area (Å²) in [7, 11) is 2.12. The Morgan fingerprint density at radius 1 is 1.24 bits per heavy atom. The number of nitrogens with zero attached hydrogens (tertiary/aromatic N) is 3. The van der Waals surface area contributed by atoms with Crippen LogP contribution in [0.15, 0.2) is 55.1 Å². The SMILES string of the molecule is Cc1ccc([C@H](C)NC(=O)Nc2cccc3c2CCN(C)C3)cc1-n1ccnc1. The average molecular weight is 390 g/mol. The Morgan fingerprint density at radius 3 is 2.90 bits per heavy atom. The summed E-state index contributed by atoms with van der Waals surface area (Å²) >= 11 is 0. The van der Waals surface area contributed by atoms with Gasteiger partial charge >= 0.3 is 6.03 Å². The zero-order valence-electron chi connectivity index (χ0n) is 17.1. The number of hydrogen-bond donors (Lipinski definition) is 2. The molecule has 0 saturated carbocycles. The van der Waals surface area contributed by atoms with Gasteiger partial charge in [-0.1, -0.05) is 24.3 Å². The third-order valence-corrected chi connectivity index (χ3v) is 5.57. The first-order valence-electron chi connectivity index (χ1n) is 9.97. The van der Waals surface area contributed by atoms with Gasteiger partial charge in [0.25, 0.3) is 0 Å². The second kappa shape index (κ2) is 8.09. The van der Waals surface area contributed by atoms with Gasteiger partial charge in [-0.2, -0.15) is 0 Å². The fourth-order valence-corrected chi connectivity index (χ4v) is 3.88. The number of imidazole rings is 1. The minimum atomic E-state index is -0.186. The first-order valence-corrected chi connectivity index (χ1v) is 9.97. The summed E-state index contributed by atoms with van der Waals surface area (Å²) in [5, 5.41) is 6.12. The largest absolute Gasteiger partial charge is 0.331 e. The van der Waals surface area contributed by atoms with Crippen LogP contribution >= 0.6 is 0 Å². The Balaban J connectivity index is 1.47. The van der Waals surface area contributed by atoms with Gasteiger partial charge in [0.05, 0.1) is 12.4 Å². The van der Waals surface area contributed by atoms with Gasteiger partial charge in [-0.25, -0.2) is 9.78 Å². The van der Waals surface area contributed by atoms with Gasteiger partial charge in [-0.05, 0) is 61.7 Å². The minimum absolute atomic E-state index is 0.122. The number of anilines is 1. The van der Waals surface area contributed by atoms with Crippen LogP contribution in [0.25, 0.3) is 5.69 Å². The van der Waals surface area contributed by atoms with E-state index >= 15 is 0 Å². The van der Waals surface area contributed by atoms with Crippen molar-refractivity contribution in [3.8, 4) is 5.69 Å². The van der Waals surface area contributed by atoms with Crippen molar-refractivity contribution in [2.75, 3.05) is 18.9 Å². The van der Waals surface area contributed by atoms with Crippen molar-refractivity contribution in [3.05, 3.63) is 77.4 Å². The number of likely N-dealkylation sites (N-methyl/N-ethyl adjacent to an activating group) is 1. The summed E-state index contributed by atoms with van der Waals surface area (Å²) in [6.45, 7) is 5.99. The van der Waals surface area contributed by atoms with E-state index in [1.54, 1.807) is 12.5 Å². The smallest absolute Gasteiger partial charge is 0.319 e. The first-order chi connectivity index (χ1) is 14.0. The van der Waals surface area contributed by atoms with Crippen LogP contribution in [-0.2, 0) is 13.0 Å². The topological polar surface area (TPSA) is 62.2 Å². The highest BCUT2D eigenvalue weighted by Crippen LogP contribution is 2.26. The number of urea groups is 1. The summed E-state index contributed by atoms with van der Waals surface area (Å²) in [5.74, 6) is 0. The molecule has 2 N–H and O–H groups in total. The Labute approximate surface area is 171 Å². The molecule has 29 heavy (non-hydrogen) atoms. The molecule has 4 rings (SSSR count). The molecular weight excluding hydrogens is 362 g/mol. The standard InChI is InChI=1S/C23H27N5O/c1-16-7-8-18(13-22(16)28-12-10-24-15-28)17(2)25-23(29)26-21-6-4-5-19-14-27(3)11-9-20(19)21/h4-8,10,12-13,15,17H,9,11,14H2,1-3H3,(H2,25,26,29)/t17-/m0/s1. The predicted molar refractivity (Wildman–Crippen MR) is 115 cm³/mol. The molecule has 0 fully saturated rings. The highest BCUT2D eigenvalue weighted by molar-refractivity contribution is 5.90. The number of rotatable bonds is 4. The van der Waals surface area contributed by atoms with Crippen molar-refractivity contribution in [2.45, 2.75) is 32.9 Å². The zero-order chi connectivity index (χ0) is 20.4. The summed E-state index contributed by atoms with van der Waals surface area (Å²) in [4.78, 5) is 19.1. The molecule has 1 aromatic heterocycles. The Hall–Kier alpha value is -3.12. The molecule has 6 nitrogen and oxygen atoms in total. The van der Waals surface area contributed by atoms with Gasteiger partial charge < -0.3 is 20.1 Å². The fraction of sp³-hybridized carbons (Fsp3) is 0.304. The third-order valence-electron chi connectivity index (χ3n) is 5.57. The van der Waals surface area contributed by atoms with Crippen LogP contribution < -0.4 is 10.6 Å². The maximum Gasteiger partial charge on any atom is 0.319 e. The van der Waals surface area contributed by atoms with Crippen LogP contribution in [0.3, 0.4) is 0 Å². The first kappa shape index (κ1) is 19.2. The molecule has 2 amide bonds. The van der Waals surface area contributed by atoms with Crippen LogP contribution in [-0.4, -0.2) is 34.1 Å². The average Bonchev–Trinajstić information content (AvgIpc) is 3.22. The number of aromatic nitrogens is 2. The van der Waals surface area contributed by atoms with E-state index in [4.69, 9.17) is 0 Å². The van der Waals surface area contributed by atoms with E-state index in [2.05, 4.69) is 58.8 Å². The molecule has 1 atom stereocenters. The number of hydrogen-bond acceptors (Lipinski definition) is 3. The molecule has 0 saturated heterocycles. The lowest BCUT2D eigenvalue weighted by molar-refractivity contribution is 0.249. The van der Waals surface area contributed by atoms with Gasteiger partial charge in [0.15, 0.2) is 0 Å². The Morgan fingerprint density at radius 2 is 2.10 bits per heavy atom. The van der Waals surface area contributed by atoms with Crippen molar-refractivity contribution in [1.82, 2.24) is 19.8 Å². The van der Waals surface area contributed by atoms with Gasteiger partial charge in [-0.3, -0.25) is 0 Å². The van der Waals surface area contributed by atoms with Crippen molar-refractivity contribution < 1.29 is 4.79 Å². The summed E-state index contributed by atoms with van der Waals surface area (Å²) in [5.41, 5.74) is 6.70. The third kappa shape index (κ3) is 4.17. The lowest BCUT2D eigenvalue weighted by atomic mass is 9.98. The lowest BCUT2D eigenvalue weighted by Gasteiger charge is -2.27. The molecule has 0 bridgehead atoms. The van der Waals surface area contributed by atoms with Crippen molar-refractivity contribution in [2.24, 2.45) is 0 Å². The number of carbonyl (C=O) groups is 1. The molecule has 2 heterocycles. The van der Waals surface area contributed by atoms with E-state index in [0.29, 0.717) is 0 Å². The van der Waals surface area contributed by atoms with E-state index in [1.165, 1.54) is 11.1 Å². The minimum Gasteiger partial charge on any atom is -0.331 e. The molecule has 1 aliphatic rings. The maximum absolute atomic E-state index is 12.7. The van der Waals surface area contributed by atoms with Crippen molar-refractivity contribution in [1.29, 1.82) is 0 Å². The summed E-state index contributed by atoms with van der Waals surface area (Å²) in [6.07, 6.45) is 6.42. The molecule has 6 heteroatoms. The highest BCUT2D eigenvalue weighted by Gasteiger charge is 2.18. The highest BCUT2D eigenvalue weighted by atomic mass is 16.2. The van der Waals surface area contributed by atoms with Gasteiger partial charge in [0, 0.05) is 36.9 Å². The van der Waals surface area contributed by atoms with E-state index in [1.807, 2.05) is 29.8 Å². The number of benzene rings is 2. The zero-order valence-corrected chi connectivity index (χ0v) is 17.1. The van der Waals surface area contributed by atoms with Gasteiger partial charge in [-0.15, -0.1) is 0 Å². The van der Waals surface area contributed by atoms with Crippen LogP contribution in [0.1, 0.15) is 35.2 Å². The second-order valence-corrected chi connectivity index (χ2v) is 7.77. The second-order valence-electron chi connectivity index (χ2n) is 7.77. The van der Waals surface area contributed by atoms with E-state index in [0.717, 1.165) is 42.0 Å². The van der Waals surface area contributed by atoms with Gasteiger partial charge in [0.1, 0.15) is 0 Å². The number of fused-ring (bicyclic) bond motifs is 1. The Kier molecular flexibility index (Phi) is 5.36. The molecule has 0 unspecified atom stereocenters. The molecule has 150 valence electrons. The summed E-state index contributed by atoms with van der Waals surface area (Å²) in [6, 6.07) is 12.1. The quantitative estimate of drug-likeness (QED) is 0.708. The molecule has 0 radical (unpaired) electrons. The molecule has 2 aromatic carbocycles. The van der Waals surface area contributed by atoms with E-state index in [9.17, 15) is 4.79 Å². The Bertz CT molecular complexity index is 1010. The number of carbonyl (C=O) groups excluding carboxylic acids is 1. The summed E-state index contributed by atoms with van der Waals surface area (Å²) < 4.78 is 1.99. The molecule has 0 aliphatic carbocycles. The van der Waals surface area contributed by atoms with E-state index < -0.39 is 0 Å². The van der Waals surface area contributed by atoms with Crippen LogP contribution in [0.5, 0.6) is 0 Å². The number of nitrogens with one attached hydrogen (secondary N) is 2. The lowest BCUT2D eigenvalue weighted by Crippen LogP contribution is -2.33. The van der Waals surface area contributed by atoms with E-state index in [-0.39, 0.29) is 12.1 Å². The molecule has 1 aliphatic heterocycles. The fourth-order valence-electron chi connectivity index (χ4n) is 3.88. The monoisotopic (exact) mass is 389 g/mol. The molecular formula is C23H27N5O. The number of aryl methyl sites for hydroxylation is 1. The molecule has 3 aromatic rings. The number of amides is 2. The van der Waals surface area contributed by atoms with Crippen molar-refractivity contribution >= 4 is 11.7 Å².